The number of nitrogens with one attached hydrogen (secondary N) is 1. The molecule has 0 saturated heterocycles. The van der Waals surface area contributed by atoms with Crippen molar-refractivity contribution in [3.05, 3.63) is 34.5 Å². The Bertz CT molecular complexity index is 951. The van der Waals surface area contributed by atoms with Crippen LogP contribution in [0, 0.1) is 13.8 Å². The number of thioether (sulfide) groups is 1. The minimum atomic E-state index is -0.605. The van der Waals surface area contributed by atoms with Gasteiger partial charge in [-0.3, -0.25) is 4.79 Å². The van der Waals surface area contributed by atoms with Crippen LogP contribution in [0.3, 0.4) is 0 Å². The number of aromatic nitrogens is 3. The molecule has 0 saturated carbocycles. The van der Waals surface area contributed by atoms with E-state index >= 15 is 0 Å². The van der Waals surface area contributed by atoms with Gasteiger partial charge in [0.25, 0.3) is 0 Å². The normalized spacial score (nSPS) is 10.5. The third-order valence-electron chi connectivity index (χ3n) is 3.89. The van der Waals surface area contributed by atoms with Gasteiger partial charge in [-0.2, -0.15) is 0 Å². The molecule has 2 rings (SSSR count). The number of thiophene rings is 1. The van der Waals surface area contributed by atoms with E-state index < -0.39 is 11.9 Å². The number of esters is 2. The van der Waals surface area contributed by atoms with Gasteiger partial charge in [-0.1, -0.05) is 17.8 Å². The first-order valence-electron chi connectivity index (χ1n) is 9.24. The zero-order valence-corrected chi connectivity index (χ0v) is 18.9. The number of hydrogen-bond donors (Lipinski definition) is 1. The number of aryl methyl sites for hydroxylation is 1. The van der Waals surface area contributed by atoms with Gasteiger partial charge < -0.3 is 19.4 Å². The first-order valence-corrected chi connectivity index (χ1v) is 11.0. The Labute approximate surface area is 182 Å². The largest absolute Gasteiger partial charge is 0.462 e. The molecule has 0 aliphatic carbocycles. The molecule has 0 bridgehead atoms. The molecular weight excluding hydrogens is 428 g/mol. The maximum absolute atomic E-state index is 12.5. The quantitative estimate of drug-likeness (QED) is 0.332. The zero-order chi connectivity index (χ0) is 22.3. The van der Waals surface area contributed by atoms with E-state index in [0.717, 1.165) is 17.2 Å². The van der Waals surface area contributed by atoms with Gasteiger partial charge in [0.05, 0.1) is 24.5 Å². The molecule has 0 aromatic carbocycles. The number of allylic oxidation sites excluding steroid dienone is 1. The van der Waals surface area contributed by atoms with E-state index in [2.05, 4.69) is 22.1 Å². The summed E-state index contributed by atoms with van der Waals surface area (Å²) in [7, 11) is 0. The fourth-order valence-electron chi connectivity index (χ4n) is 2.54. The molecule has 162 valence electrons. The van der Waals surface area contributed by atoms with Crippen molar-refractivity contribution in [1.82, 2.24) is 14.8 Å². The second kappa shape index (κ2) is 10.9. The van der Waals surface area contributed by atoms with Crippen LogP contribution in [-0.4, -0.2) is 51.6 Å². The number of rotatable bonds is 10. The number of carbonyl (C=O) groups excluding carboxylic acids is 3. The molecule has 0 spiro atoms. The summed E-state index contributed by atoms with van der Waals surface area (Å²) < 4.78 is 12.0. The van der Waals surface area contributed by atoms with Crippen molar-refractivity contribution < 1.29 is 23.9 Å². The molecule has 30 heavy (non-hydrogen) atoms. The molecule has 9 nitrogen and oxygen atoms in total. The van der Waals surface area contributed by atoms with Crippen molar-refractivity contribution in [2.75, 3.05) is 24.3 Å². The molecule has 0 radical (unpaired) electrons. The first kappa shape index (κ1) is 23.6. The second-order valence-electron chi connectivity index (χ2n) is 5.97. The summed E-state index contributed by atoms with van der Waals surface area (Å²) in [4.78, 5) is 37.4. The fraction of sp³-hybridized carbons (Fsp3) is 0.421. The molecule has 1 N–H and O–H groups in total. The number of amides is 1. The SMILES string of the molecule is C=CCn1c(C)nnc1SCC(=O)Nc1sc(C(=O)OCC)c(C)c1C(=O)OCC. The van der Waals surface area contributed by atoms with Crippen molar-refractivity contribution in [3.63, 3.8) is 0 Å². The molecule has 11 heteroatoms. The van der Waals surface area contributed by atoms with E-state index in [1.807, 2.05) is 11.5 Å². The highest BCUT2D eigenvalue weighted by Gasteiger charge is 2.27. The van der Waals surface area contributed by atoms with E-state index in [-0.39, 0.29) is 40.3 Å². The number of ether oxygens (including phenoxy) is 2. The summed E-state index contributed by atoms with van der Waals surface area (Å²) in [5.41, 5.74) is 0.579. The van der Waals surface area contributed by atoms with Gasteiger partial charge in [-0.15, -0.1) is 28.1 Å². The summed E-state index contributed by atoms with van der Waals surface area (Å²) in [5, 5.41) is 11.6. The Kier molecular flexibility index (Phi) is 8.60. The average Bonchev–Trinajstić information content (AvgIpc) is 3.21. The molecule has 0 atom stereocenters. The van der Waals surface area contributed by atoms with E-state index in [0.29, 0.717) is 17.3 Å². The third-order valence-corrected chi connectivity index (χ3v) is 6.04. The minimum absolute atomic E-state index is 0.0449. The topological polar surface area (TPSA) is 112 Å². The van der Waals surface area contributed by atoms with Gasteiger partial charge in [0, 0.05) is 6.54 Å². The van der Waals surface area contributed by atoms with Gasteiger partial charge in [-0.05, 0) is 33.3 Å². The standard InChI is InChI=1S/C19H24N4O5S2/c1-6-9-23-12(5)21-22-19(23)29-10-13(24)20-16-14(17(25)27-7-2)11(4)15(30-16)18(26)28-8-3/h6H,1,7-10H2,2-5H3,(H,20,24). The van der Waals surface area contributed by atoms with Gasteiger partial charge in [-0.25, -0.2) is 9.59 Å². The lowest BCUT2D eigenvalue weighted by molar-refractivity contribution is -0.113. The summed E-state index contributed by atoms with van der Waals surface area (Å²) in [6, 6.07) is 0. The molecule has 2 aromatic heterocycles. The summed E-state index contributed by atoms with van der Waals surface area (Å²) >= 11 is 2.20. The van der Waals surface area contributed by atoms with Gasteiger partial charge in [0.2, 0.25) is 5.91 Å². The van der Waals surface area contributed by atoms with Crippen molar-refractivity contribution >= 4 is 45.9 Å². The van der Waals surface area contributed by atoms with Crippen LogP contribution in [0.4, 0.5) is 5.00 Å². The van der Waals surface area contributed by atoms with E-state index in [1.165, 1.54) is 11.8 Å². The second-order valence-corrected chi connectivity index (χ2v) is 7.93. The lowest BCUT2D eigenvalue weighted by atomic mass is 10.1. The molecule has 0 aliphatic heterocycles. The minimum Gasteiger partial charge on any atom is -0.462 e. The lowest BCUT2D eigenvalue weighted by Crippen LogP contribution is -2.17. The van der Waals surface area contributed by atoms with E-state index in [4.69, 9.17) is 9.47 Å². The van der Waals surface area contributed by atoms with E-state index in [9.17, 15) is 14.4 Å². The highest BCUT2D eigenvalue weighted by atomic mass is 32.2. The predicted octanol–water partition coefficient (Wildman–Crippen LogP) is 3.23. The van der Waals surface area contributed by atoms with E-state index in [1.54, 1.807) is 26.8 Å². The number of nitrogens with zero attached hydrogens (tertiary/aromatic N) is 3. The Balaban J connectivity index is 2.20. The highest BCUT2D eigenvalue weighted by molar-refractivity contribution is 7.99. The summed E-state index contributed by atoms with van der Waals surface area (Å²) in [6.45, 7) is 11.4. The number of hydrogen-bond acceptors (Lipinski definition) is 9. The van der Waals surface area contributed by atoms with Crippen LogP contribution in [0.15, 0.2) is 17.8 Å². The van der Waals surface area contributed by atoms with Crippen LogP contribution in [0.5, 0.6) is 0 Å². The van der Waals surface area contributed by atoms with Crippen LogP contribution >= 0.6 is 23.1 Å². The van der Waals surface area contributed by atoms with Gasteiger partial charge in [0.15, 0.2) is 5.16 Å². The maximum atomic E-state index is 12.5. The molecule has 0 unspecified atom stereocenters. The van der Waals surface area contributed by atoms with Crippen LogP contribution in [0.25, 0.3) is 0 Å². The maximum Gasteiger partial charge on any atom is 0.348 e. The van der Waals surface area contributed by atoms with Crippen LogP contribution in [0.1, 0.15) is 45.3 Å². The molecule has 0 aliphatic rings. The Morgan fingerprint density at radius 1 is 1.17 bits per heavy atom. The summed E-state index contributed by atoms with van der Waals surface area (Å²) in [5.74, 6) is -0.744. The Hall–Kier alpha value is -2.66. The molecule has 1 amide bonds. The monoisotopic (exact) mass is 452 g/mol. The van der Waals surface area contributed by atoms with Crippen LogP contribution in [-0.2, 0) is 20.8 Å². The zero-order valence-electron chi connectivity index (χ0n) is 17.3. The number of carbonyl (C=O) groups is 3. The number of anilines is 1. The first-order chi connectivity index (χ1) is 14.3. The third kappa shape index (κ3) is 5.48. The molecular formula is C19H24N4O5S2. The van der Waals surface area contributed by atoms with Crippen molar-refractivity contribution in [2.45, 2.75) is 39.4 Å². The summed E-state index contributed by atoms with van der Waals surface area (Å²) in [6.07, 6.45) is 1.72. The van der Waals surface area contributed by atoms with Crippen LogP contribution in [0.2, 0.25) is 0 Å². The lowest BCUT2D eigenvalue weighted by Gasteiger charge is -2.07. The Morgan fingerprint density at radius 2 is 1.83 bits per heavy atom. The fourth-order valence-corrected chi connectivity index (χ4v) is 4.44. The Morgan fingerprint density at radius 3 is 2.47 bits per heavy atom. The smallest absolute Gasteiger partial charge is 0.348 e. The average molecular weight is 453 g/mol. The van der Waals surface area contributed by atoms with Gasteiger partial charge >= 0.3 is 11.9 Å². The van der Waals surface area contributed by atoms with Gasteiger partial charge in [0.1, 0.15) is 15.7 Å². The van der Waals surface area contributed by atoms with Crippen LogP contribution < -0.4 is 5.32 Å². The predicted molar refractivity (Wildman–Crippen MR) is 115 cm³/mol. The molecule has 2 heterocycles. The van der Waals surface area contributed by atoms with Crippen molar-refractivity contribution in [1.29, 1.82) is 0 Å². The van der Waals surface area contributed by atoms with Crippen molar-refractivity contribution in [3.8, 4) is 0 Å². The highest BCUT2D eigenvalue weighted by Crippen LogP contribution is 2.34. The molecule has 0 fully saturated rings. The molecule has 2 aromatic rings. The van der Waals surface area contributed by atoms with Crippen molar-refractivity contribution in [2.24, 2.45) is 0 Å².